The average molecular weight is 357 g/mol. The number of benzene rings is 1. The highest BCUT2D eigenvalue weighted by molar-refractivity contribution is 7.20. The van der Waals surface area contributed by atoms with Crippen LogP contribution in [0.15, 0.2) is 30.3 Å². The number of carbonyl (C=O) groups excluding carboxylic acids is 1. The van der Waals surface area contributed by atoms with Gasteiger partial charge in [0, 0.05) is 11.9 Å². The summed E-state index contributed by atoms with van der Waals surface area (Å²) in [5.41, 5.74) is 1.65. The van der Waals surface area contributed by atoms with E-state index in [2.05, 4.69) is 24.3 Å². The van der Waals surface area contributed by atoms with Gasteiger partial charge in [-0.15, -0.1) is 11.3 Å². The summed E-state index contributed by atoms with van der Waals surface area (Å²) >= 11 is 1.48. The highest BCUT2D eigenvalue weighted by Crippen LogP contribution is 2.30. The number of aromatic nitrogens is 2. The van der Waals surface area contributed by atoms with Crippen molar-refractivity contribution in [3.63, 3.8) is 0 Å². The van der Waals surface area contributed by atoms with Crippen molar-refractivity contribution in [1.29, 1.82) is 0 Å². The highest BCUT2D eigenvalue weighted by atomic mass is 32.1. The zero-order valence-corrected chi connectivity index (χ0v) is 15.8. The van der Waals surface area contributed by atoms with Crippen LogP contribution >= 0.6 is 11.3 Å². The first kappa shape index (κ1) is 17.5. The van der Waals surface area contributed by atoms with Crippen LogP contribution in [0.1, 0.15) is 36.1 Å². The van der Waals surface area contributed by atoms with Gasteiger partial charge in [-0.3, -0.25) is 9.48 Å². The second kappa shape index (κ2) is 7.27. The molecule has 0 saturated heterocycles. The third-order valence-corrected chi connectivity index (χ3v) is 4.95. The van der Waals surface area contributed by atoms with Gasteiger partial charge in [0.15, 0.2) is 0 Å². The summed E-state index contributed by atoms with van der Waals surface area (Å²) in [6, 6.07) is 9.41. The van der Waals surface area contributed by atoms with Crippen molar-refractivity contribution >= 4 is 33.1 Å². The molecule has 25 heavy (non-hydrogen) atoms. The normalized spacial score (nSPS) is 11.2. The fraction of sp³-hybridized carbons (Fsp3) is 0.368. The summed E-state index contributed by atoms with van der Waals surface area (Å²) in [6.45, 7) is 9.63. The van der Waals surface area contributed by atoms with Crippen molar-refractivity contribution < 1.29 is 9.53 Å². The molecule has 2 heterocycles. The first-order chi connectivity index (χ1) is 12.0. The minimum atomic E-state index is -0.121. The monoisotopic (exact) mass is 357 g/mol. The summed E-state index contributed by atoms with van der Waals surface area (Å²) in [7, 11) is 0. The van der Waals surface area contributed by atoms with Gasteiger partial charge >= 0.3 is 0 Å². The Labute approximate surface area is 151 Å². The van der Waals surface area contributed by atoms with Gasteiger partial charge in [-0.05, 0) is 38.0 Å². The quantitative estimate of drug-likeness (QED) is 0.695. The summed E-state index contributed by atoms with van der Waals surface area (Å²) in [5.74, 6) is 1.06. The second-order valence-corrected chi connectivity index (χ2v) is 7.40. The van der Waals surface area contributed by atoms with Crippen molar-refractivity contribution in [1.82, 2.24) is 9.78 Å². The van der Waals surface area contributed by atoms with Crippen molar-refractivity contribution in [2.24, 2.45) is 5.92 Å². The topological polar surface area (TPSA) is 56.1 Å². The lowest BCUT2D eigenvalue weighted by Gasteiger charge is -2.10. The van der Waals surface area contributed by atoms with Crippen LogP contribution < -0.4 is 10.1 Å². The number of ether oxygens (including phenoxy) is 1. The molecule has 0 unspecified atom stereocenters. The Morgan fingerprint density at radius 1 is 1.36 bits per heavy atom. The van der Waals surface area contributed by atoms with Crippen LogP contribution in [0.5, 0.6) is 5.75 Å². The first-order valence-corrected chi connectivity index (χ1v) is 9.31. The molecule has 0 aliphatic heterocycles. The number of hydrogen-bond donors (Lipinski definition) is 1. The van der Waals surface area contributed by atoms with E-state index in [1.807, 2.05) is 48.9 Å². The zero-order valence-electron chi connectivity index (χ0n) is 15.0. The molecule has 0 atom stereocenters. The maximum absolute atomic E-state index is 12.7. The Balaban J connectivity index is 1.88. The van der Waals surface area contributed by atoms with Crippen molar-refractivity contribution in [2.75, 3.05) is 11.9 Å². The summed E-state index contributed by atoms with van der Waals surface area (Å²) in [4.78, 5) is 14.4. The lowest BCUT2D eigenvalue weighted by atomic mass is 10.2. The van der Waals surface area contributed by atoms with Gasteiger partial charge in [-0.1, -0.05) is 26.0 Å². The third-order valence-electron chi connectivity index (χ3n) is 3.80. The predicted molar refractivity (Wildman–Crippen MR) is 103 cm³/mol. The largest absolute Gasteiger partial charge is 0.492 e. The van der Waals surface area contributed by atoms with Crippen LogP contribution in [0.3, 0.4) is 0 Å². The van der Waals surface area contributed by atoms with Crippen LogP contribution in [0.4, 0.5) is 5.69 Å². The first-order valence-electron chi connectivity index (χ1n) is 8.49. The summed E-state index contributed by atoms with van der Waals surface area (Å²) in [6.07, 6.45) is 0. The van der Waals surface area contributed by atoms with Gasteiger partial charge in [-0.2, -0.15) is 5.10 Å². The van der Waals surface area contributed by atoms with E-state index in [0.717, 1.165) is 22.5 Å². The Kier molecular flexibility index (Phi) is 5.08. The molecule has 6 heteroatoms. The number of para-hydroxylation sites is 2. The van der Waals surface area contributed by atoms with Gasteiger partial charge in [0.2, 0.25) is 0 Å². The van der Waals surface area contributed by atoms with Gasteiger partial charge in [0.05, 0.1) is 22.9 Å². The second-order valence-electron chi connectivity index (χ2n) is 6.37. The molecule has 3 aromatic rings. The van der Waals surface area contributed by atoms with Crippen LogP contribution in [0.25, 0.3) is 10.2 Å². The van der Waals surface area contributed by atoms with E-state index in [0.29, 0.717) is 28.8 Å². The maximum atomic E-state index is 12.7. The molecule has 0 bridgehead atoms. The number of rotatable bonds is 6. The average Bonchev–Trinajstić information content (AvgIpc) is 3.11. The van der Waals surface area contributed by atoms with E-state index in [9.17, 15) is 4.79 Å². The minimum absolute atomic E-state index is 0.121. The Hall–Kier alpha value is -2.34. The van der Waals surface area contributed by atoms with Crippen molar-refractivity contribution in [3.8, 4) is 5.75 Å². The van der Waals surface area contributed by atoms with Crippen LogP contribution in [-0.4, -0.2) is 22.3 Å². The predicted octanol–water partition coefficient (Wildman–Crippen LogP) is 4.71. The number of anilines is 1. The fourth-order valence-corrected chi connectivity index (χ4v) is 3.80. The van der Waals surface area contributed by atoms with Gasteiger partial charge in [-0.25, -0.2) is 0 Å². The Morgan fingerprint density at radius 3 is 2.84 bits per heavy atom. The van der Waals surface area contributed by atoms with Crippen molar-refractivity contribution in [3.05, 3.63) is 40.9 Å². The molecule has 2 aromatic heterocycles. The third kappa shape index (κ3) is 3.69. The standard InChI is InChI=1S/C19H23N3O2S/c1-5-24-16-9-7-6-8-15(16)20-18(23)17-10-14-13(4)21-22(11-12(2)3)19(14)25-17/h6-10,12H,5,11H2,1-4H3,(H,20,23). The molecular formula is C19H23N3O2S. The summed E-state index contributed by atoms with van der Waals surface area (Å²) in [5, 5.41) is 8.60. The Bertz CT molecular complexity index is 895. The molecule has 0 radical (unpaired) electrons. The number of thiophene rings is 1. The summed E-state index contributed by atoms with van der Waals surface area (Å²) < 4.78 is 7.58. The molecule has 1 N–H and O–H groups in total. The van der Waals surface area contributed by atoms with E-state index in [-0.39, 0.29) is 5.91 Å². The molecule has 0 aliphatic rings. The number of carbonyl (C=O) groups is 1. The molecule has 5 nitrogen and oxygen atoms in total. The SMILES string of the molecule is CCOc1ccccc1NC(=O)c1cc2c(C)nn(CC(C)C)c2s1. The van der Waals surface area contributed by atoms with E-state index in [1.54, 1.807) is 0 Å². The number of hydrogen-bond acceptors (Lipinski definition) is 4. The van der Waals surface area contributed by atoms with E-state index in [4.69, 9.17) is 4.74 Å². The minimum Gasteiger partial charge on any atom is -0.492 e. The molecule has 1 aromatic carbocycles. The molecule has 0 fully saturated rings. The molecule has 0 spiro atoms. The number of nitrogens with zero attached hydrogens (tertiary/aromatic N) is 2. The molecule has 3 rings (SSSR count). The van der Waals surface area contributed by atoms with E-state index < -0.39 is 0 Å². The Morgan fingerprint density at radius 2 is 2.12 bits per heavy atom. The lowest BCUT2D eigenvalue weighted by molar-refractivity contribution is 0.103. The van der Waals surface area contributed by atoms with E-state index >= 15 is 0 Å². The zero-order chi connectivity index (χ0) is 18.0. The smallest absolute Gasteiger partial charge is 0.265 e. The van der Waals surface area contributed by atoms with E-state index in [1.165, 1.54) is 11.3 Å². The molecule has 0 saturated carbocycles. The van der Waals surface area contributed by atoms with Gasteiger partial charge < -0.3 is 10.1 Å². The molecule has 0 aliphatic carbocycles. The number of fused-ring (bicyclic) bond motifs is 1. The lowest BCUT2D eigenvalue weighted by Crippen LogP contribution is -2.11. The van der Waals surface area contributed by atoms with Crippen LogP contribution in [-0.2, 0) is 6.54 Å². The number of amides is 1. The fourth-order valence-electron chi connectivity index (χ4n) is 2.73. The number of nitrogens with one attached hydrogen (secondary N) is 1. The molecular weight excluding hydrogens is 334 g/mol. The van der Waals surface area contributed by atoms with Crippen LogP contribution in [0.2, 0.25) is 0 Å². The number of aryl methyl sites for hydroxylation is 1. The van der Waals surface area contributed by atoms with Crippen molar-refractivity contribution in [2.45, 2.75) is 34.2 Å². The van der Waals surface area contributed by atoms with Gasteiger partial charge in [0.1, 0.15) is 10.6 Å². The van der Waals surface area contributed by atoms with Gasteiger partial charge in [0.25, 0.3) is 5.91 Å². The maximum Gasteiger partial charge on any atom is 0.265 e. The molecule has 1 amide bonds. The molecule has 132 valence electrons. The van der Waals surface area contributed by atoms with Crippen LogP contribution in [0, 0.1) is 12.8 Å². The highest BCUT2D eigenvalue weighted by Gasteiger charge is 2.17.